The zero-order valence-electron chi connectivity index (χ0n) is 12.5. The van der Waals surface area contributed by atoms with Crippen LogP contribution in [0.5, 0.6) is 0 Å². The van der Waals surface area contributed by atoms with Gasteiger partial charge in [-0.1, -0.05) is 30.3 Å². The first-order chi connectivity index (χ1) is 11.5. The van der Waals surface area contributed by atoms with Crippen molar-refractivity contribution in [3.05, 3.63) is 73.9 Å². The molecule has 118 valence electrons. The normalized spacial score (nSPS) is 13.2. The number of H-pyrrole nitrogens is 1. The number of anilines is 1. The molecule has 1 amide bonds. The van der Waals surface area contributed by atoms with E-state index in [1.54, 1.807) is 36.4 Å². The highest BCUT2D eigenvalue weighted by atomic mass is 16.2. The average molecular weight is 321 g/mol. The van der Waals surface area contributed by atoms with E-state index in [-0.39, 0.29) is 16.9 Å². The molecule has 2 N–H and O–H groups in total. The monoisotopic (exact) mass is 321 g/mol. The Morgan fingerprint density at radius 2 is 1.58 bits per heavy atom. The molecule has 0 aliphatic carbocycles. The van der Waals surface area contributed by atoms with Crippen molar-refractivity contribution in [2.24, 2.45) is 7.05 Å². The van der Waals surface area contributed by atoms with Crippen LogP contribution in [-0.2, 0) is 7.05 Å². The van der Waals surface area contributed by atoms with Crippen molar-refractivity contribution in [3.63, 3.8) is 0 Å². The standard InChI is InChI=1S/C17H11N3O4/c1-20-14-12(16(23)19-17(20)24)13(21)9-6-2-4-8-5-3-7-10(11(8)9)15(22)18-14/h2-7H,1H3,(H,18,22)(H,19,23,24). The van der Waals surface area contributed by atoms with Gasteiger partial charge in [0.2, 0.25) is 5.78 Å². The molecule has 24 heavy (non-hydrogen) atoms. The summed E-state index contributed by atoms with van der Waals surface area (Å²) in [5.74, 6) is -1.13. The molecule has 1 aliphatic rings. The first kappa shape index (κ1) is 14.1. The topological polar surface area (TPSA) is 101 Å². The van der Waals surface area contributed by atoms with Crippen molar-refractivity contribution in [3.8, 4) is 0 Å². The zero-order valence-corrected chi connectivity index (χ0v) is 12.5. The third kappa shape index (κ3) is 1.78. The van der Waals surface area contributed by atoms with Gasteiger partial charge in [0.25, 0.3) is 11.5 Å². The van der Waals surface area contributed by atoms with Gasteiger partial charge in [0.1, 0.15) is 11.4 Å². The van der Waals surface area contributed by atoms with Gasteiger partial charge in [-0.3, -0.25) is 23.9 Å². The molecule has 2 heterocycles. The largest absolute Gasteiger partial charge is 0.329 e. The molecule has 1 aliphatic heterocycles. The Kier molecular flexibility index (Phi) is 2.80. The molecule has 0 fully saturated rings. The van der Waals surface area contributed by atoms with Crippen molar-refractivity contribution < 1.29 is 9.59 Å². The molecule has 7 heteroatoms. The molecular formula is C17H11N3O4. The Labute approximate surface area is 134 Å². The number of rotatable bonds is 0. The highest BCUT2D eigenvalue weighted by Crippen LogP contribution is 2.28. The van der Waals surface area contributed by atoms with E-state index in [0.717, 1.165) is 9.95 Å². The Morgan fingerprint density at radius 1 is 0.917 bits per heavy atom. The summed E-state index contributed by atoms with van der Waals surface area (Å²) < 4.78 is 1.04. The molecule has 0 spiro atoms. The van der Waals surface area contributed by atoms with Gasteiger partial charge >= 0.3 is 5.69 Å². The van der Waals surface area contributed by atoms with Crippen LogP contribution in [0.2, 0.25) is 0 Å². The van der Waals surface area contributed by atoms with Gasteiger partial charge in [-0.25, -0.2) is 4.79 Å². The fraction of sp³-hybridized carbons (Fsp3) is 0.0588. The molecule has 0 unspecified atom stereocenters. The lowest BCUT2D eigenvalue weighted by Crippen LogP contribution is -2.37. The number of carbonyl (C=O) groups excluding carboxylic acids is 2. The van der Waals surface area contributed by atoms with E-state index in [9.17, 15) is 19.2 Å². The summed E-state index contributed by atoms with van der Waals surface area (Å²) in [7, 11) is 1.37. The fourth-order valence-electron chi connectivity index (χ4n) is 3.01. The van der Waals surface area contributed by atoms with Gasteiger partial charge in [0, 0.05) is 23.6 Å². The molecule has 0 radical (unpaired) electrons. The highest BCUT2D eigenvalue weighted by Gasteiger charge is 2.28. The van der Waals surface area contributed by atoms with Crippen LogP contribution >= 0.6 is 0 Å². The second-order valence-corrected chi connectivity index (χ2v) is 5.53. The van der Waals surface area contributed by atoms with E-state index >= 15 is 0 Å². The summed E-state index contributed by atoms with van der Waals surface area (Å²) in [6.07, 6.45) is 0. The molecule has 7 nitrogen and oxygen atoms in total. The van der Waals surface area contributed by atoms with Crippen molar-refractivity contribution in [1.29, 1.82) is 0 Å². The second-order valence-electron chi connectivity index (χ2n) is 5.53. The number of aromatic nitrogens is 2. The van der Waals surface area contributed by atoms with Crippen LogP contribution < -0.4 is 16.6 Å². The number of aromatic amines is 1. The molecule has 0 saturated heterocycles. The molecule has 0 bridgehead atoms. The van der Waals surface area contributed by atoms with Crippen LogP contribution in [0.4, 0.5) is 5.82 Å². The number of hydrogen-bond acceptors (Lipinski definition) is 4. The number of amides is 1. The molecular weight excluding hydrogens is 310 g/mol. The smallest absolute Gasteiger partial charge is 0.307 e. The van der Waals surface area contributed by atoms with Gasteiger partial charge in [-0.2, -0.15) is 0 Å². The van der Waals surface area contributed by atoms with Gasteiger partial charge in [-0.15, -0.1) is 0 Å². The Balaban J connectivity index is 2.21. The van der Waals surface area contributed by atoms with E-state index in [2.05, 4.69) is 10.3 Å². The number of ketones is 1. The summed E-state index contributed by atoms with van der Waals surface area (Å²) in [5.41, 5.74) is -1.22. The minimum Gasteiger partial charge on any atom is -0.307 e. The Bertz CT molecular complexity index is 1170. The van der Waals surface area contributed by atoms with E-state index in [1.165, 1.54) is 7.05 Å². The molecule has 0 atom stereocenters. The highest BCUT2D eigenvalue weighted by molar-refractivity contribution is 6.26. The second kappa shape index (κ2) is 4.76. The molecule has 2 aromatic carbocycles. The van der Waals surface area contributed by atoms with Crippen molar-refractivity contribution >= 4 is 28.3 Å². The number of nitrogens with one attached hydrogen (secondary N) is 2. The quantitative estimate of drug-likeness (QED) is 0.645. The van der Waals surface area contributed by atoms with Crippen LogP contribution in [0.15, 0.2) is 46.0 Å². The van der Waals surface area contributed by atoms with Gasteiger partial charge in [-0.05, 0) is 11.5 Å². The predicted octanol–water partition coefficient (Wildman–Crippen LogP) is 1.02. The van der Waals surface area contributed by atoms with Crippen LogP contribution in [-0.4, -0.2) is 21.2 Å². The first-order valence-corrected chi connectivity index (χ1v) is 7.20. The van der Waals surface area contributed by atoms with Crippen LogP contribution in [0, 0.1) is 0 Å². The Hall–Kier alpha value is -3.48. The summed E-state index contributed by atoms with van der Waals surface area (Å²) in [6.45, 7) is 0. The number of fused-ring (bicyclic) bond motifs is 1. The zero-order chi connectivity index (χ0) is 17.0. The summed E-state index contributed by atoms with van der Waals surface area (Å²) in [6, 6.07) is 10.2. The number of hydrogen-bond donors (Lipinski definition) is 2. The van der Waals surface area contributed by atoms with Crippen molar-refractivity contribution in [2.45, 2.75) is 0 Å². The van der Waals surface area contributed by atoms with Crippen LogP contribution in [0.1, 0.15) is 26.3 Å². The Morgan fingerprint density at radius 3 is 2.29 bits per heavy atom. The third-order valence-electron chi connectivity index (χ3n) is 4.18. The maximum absolute atomic E-state index is 13.0. The predicted molar refractivity (Wildman–Crippen MR) is 87.6 cm³/mol. The van der Waals surface area contributed by atoms with E-state index < -0.39 is 22.9 Å². The summed E-state index contributed by atoms with van der Waals surface area (Å²) in [5, 5.41) is 3.73. The van der Waals surface area contributed by atoms with Gasteiger partial charge in [0.05, 0.1) is 0 Å². The number of benzene rings is 2. The number of nitrogens with zero attached hydrogens (tertiary/aromatic N) is 1. The van der Waals surface area contributed by atoms with Crippen LogP contribution in [0.3, 0.4) is 0 Å². The lowest BCUT2D eigenvalue weighted by molar-refractivity contribution is 0.102. The van der Waals surface area contributed by atoms with Crippen molar-refractivity contribution in [1.82, 2.24) is 9.55 Å². The molecule has 1 aromatic heterocycles. The van der Waals surface area contributed by atoms with Gasteiger partial charge in [0.15, 0.2) is 0 Å². The first-order valence-electron chi connectivity index (χ1n) is 7.20. The SMILES string of the molecule is Cn1c2c(c(=O)[nH]c1=O)C(=O)c1cccc3cccc(c13)C(=O)N2. The average Bonchev–Trinajstić information content (AvgIpc) is 2.57. The summed E-state index contributed by atoms with van der Waals surface area (Å²) in [4.78, 5) is 51.7. The summed E-state index contributed by atoms with van der Waals surface area (Å²) >= 11 is 0. The van der Waals surface area contributed by atoms with Gasteiger partial charge < -0.3 is 5.32 Å². The van der Waals surface area contributed by atoms with Crippen LogP contribution in [0.25, 0.3) is 10.8 Å². The van der Waals surface area contributed by atoms with Crippen molar-refractivity contribution in [2.75, 3.05) is 5.32 Å². The fourth-order valence-corrected chi connectivity index (χ4v) is 3.01. The van der Waals surface area contributed by atoms with E-state index in [4.69, 9.17) is 0 Å². The molecule has 3 aromatic rings. The molecule has 4 rings (SSSR count). The van der Waals surface area contributed by atoms with E-state index in [1.807, 2.05) is 0 Å². The lowest BCUT2D eigenvalue weighted by Gasteiger charge is -2.18. The molecule has 0 saturated carbocycles. The lowest BCUT2D eigenvalue weighted by atomic mass is 9.92. The number of carbonyl (C=O) groups is 2. The minimum atomic E-state index is -0.824. The third-order valence-corrected chi connectivity index (χ3v) is 4.18. The van der Waals surface area contributed by atoms with E-state index in [0.29, 0.717) is 10.9 Å². The maximum Gasteiger partial charge on any atom is 0.329 e. The minimum absolute atomic E-state index is 0.106. The maximum atomic E-state index is 13.0.